The Morgan fingerprint density at radius 1 is 1.33 bits per heavy atom. The number of amides is 1. The zero-order valence-corrected chi connectivity index (χ0v) is 12.0. The fourth-order valence-electron chi connectivity index (χ4n) is 1.88. The molecule has 0 aliphatic carbocycles. The number of carbonyl (C=O) groups is 1. The molecule has 1 heterocycles. The molecule has 0 bridgehead atoms. The summed E-state index contributed by atoms with van der Waals surface area (Å²) >= 11 is 0. The lowest BCUT2D eigenvalue weighted by atomic mass is 10.1. The highest BCUT2D eigenvalue weighted by atomic mass is 16.5. The summed E-state index contributed by atoms with van der Waals surface area (Å²) in [5.74, 6) is 0.407. The number of nitrogen functional groups attached to an aromatic ring is 1. The molecule has 4 N–H and O–H groups in total. The third-order valence-electron chi connectivity index (χ3n) is 3.03. The maximum absolute atomic E-state index is 11.5. The van der Waals surface area contributed by atoms with Gasteiger partial charge in [-0.15, -0.1) is 0 Å². The molecule has 0 unspecified atom stereocenters. The quantitative estimate of drug-likeness (QED) is 0.727. The number of nitrogens with one attached hydrogen (secondary N) is 2. The highest BCUT2D eigenvalue weighted by Crippen LogP contribution is 2.21. The third kappa shape index (κ3) is 3.62. The van der Waals surface area contributed by atoms with E-state index in [0.29, 0.717) is 23.7 Å². The van der Waals surface area contributed by atoms with Crippen molar-refractivity contribution in [3.05, 3.63) is 47.7 Å². The van der Waals surface area contributed by atoms with Crippen LogP contribution in [0.3, 0.4) is 0 Å². The molecule has 2 aromatic rings. The summed E-state index contributed by atoms with van der Waals surface area (Å²) in [7, 11) is 3.16. The summed E-state index contributed by atoms with van der Waals surface area (Å²) in [6.07, 6.45) is 1.69. The lowest BCUT2D eigenvalue weighted by Gasteiger charge is -2.11. The normalized spacial score (nSPS) is 10.0. The predicted octanol–water partition coefficient (Wildman–Crippen LogP) is 1.64. The SMILES string of the molecule is CNC(=O)c1ccc(NCc2ccnc(OC)c2)c(N)c1. The summed E-state index contributed by atoms with van der Waals surface area (Å²) in [5.41, 5.74) is 8.81. The van der Waals surface area contributed by atoms with Gasteiger partial charge in [-0.1, -0.05) is 0 Å². The van der Waals surface area contributed by atoms with Crippen molar-refractivity contribution in [2.75, 3.05) is 25.2 Å². The van der Waals surface area contributed by atoms with Crippen molar-refractivity contribution in [2.24, 2.45) is 0 Å². The Morgan fingerprint density at radius 3 is 2.81 bits per heavy atom. The molecule has 0 saturated carbocycles. The van der Waals surface area contributed by atoms with Crippen LogP contribution < -0.4 is 21.1 Å². The minimum Gasteiger partial charge on any atom is -0.481 e. The zero-order valence-electron chi connectivity index (χ0n) is 12.0. The molecule has 110 valence electrons. The van der Waals surface area contributed by atoms with Crippen molar-refractivity contribution in [2.45, 2.75) is 6.54 Å². The largest absolute Gasteiger partial charge is 0.481 e. The standard InChI is InChI=1S/C15H18N4O2/c1-17-15(20)11-3-4-13(12(16)8-11)19-9-10-5-6-18-14(7-10)21-2/h3-8,19H,9,16H2,1-2H3,(H,17,20). The van der Waals surface area contributed by atoms with Gasteiger partial charge in [0.2, 0.25) is 5.88 Å². The third-order valence-corrected chi connectivity index (χ3v) is 3.03. The number of aromatic nitrogens is 1. The van der Waals surface area contributed by atoms with Gasteiger partial charge in [0.25, 0.3) is 5.91 Å². The molecular weight excluding hydrogens is 268 g/mol. The van der Waals surface area contributed by atoms with Crippen LogP contribution in [0.5, 0.6) is 5.88 Å². The number of benzene rings is 1. The van der Waals surface area contributed by atoms with Gasteiger partial charge < -0.3 is 21.1 Å². The van der Waals surface area contributed by atoms with Gasteiger partial charge in [0.1, 0.15) is 0 Å². The number of hydrogen-bond acceptors (Lipinski definition) is 5. The number of nitrogens with zero attached hydrogens (tertiary/aromatic N) is 1. The molecule has 1 aromatic carbocycles. The molecule has 1 aromatic heterocycles. The van der Waals surface area contributed by atoms with E-state index in [1.807, 2.05) is 12.1 Å². The summed E-state index contributed by atoms with van der Waals surface area (Å²) in [6, 6.07) is 8.91. The van der Waals surface area contributed by atoms with Gasteiger partial charge >= 0.3 is 0 Å². The molecule has 0 atom stereocenters. The van der Waals surface area contributed by atoms with E-state index >= 15 is 0 Å². The summed E-state index contributed by atoms with van der Waals surface area (Å²) in [6.45, 7) is 0.586. The zero-order chi connectivity index (χ0) is 15.2. The van der Waals surface area contributed by atoms with Crippen LogP contribution in [0, 0.1) is 0 Å². The Morgan fingerprint density at radius 2 is 2.14 bits per heavy atom. The maximum Gasteiger partial charge on any atom is 0.251 e. The topological polar surface area (TPSA) is 89.3 Å². The highest BCUT2D eigenvalue weighted by Gasteiger charge is 2.06. The smallest absolute Gasteiger partial charge is 0.251 e. The summed E-state index contributed by atoms with van der Waals surface area (Å²) in [4.78, 5) is 15.6. The molecule has 21 heavy (non-hydrogen) atoms. The van der Waals surface area contributed by atoms with E-state index in [4.69, 9.17) is 10.5 Å². The number of methoxy groups -OCH3 is 1. The van der Waals surface area contributed by atoms with E-state index in [9.17, 15) is 4.79 Å². The minimum absolute atomic E-state index is 0.160. The van der Waals surface area contributed by atoms with E-state index in [1.54, 1.807) is 38.6 Å². The Labute approximate surface area is 123 Å². The van der Waals surface area contributed by atoms with E-state index < -0.39 is 0 Å². The second-order valence-corrected chi connectivity index (χ2v) is 4.44. The number of rotatable bonds is 5. The molecule has 0 aliphatic rings. The predicted molar refractivity (Wildman–Crippen MR) is 82.4 cm³/mol. The number of hydrogen-bond donors (Lipinski definition) is 3. The van der Waals surface area contributed by atoms with Crippen LogP contribution in [0.1, 0.15) is 15.9 Å². The Kier molecular flexibility index (Phi) is 4.61. The summed E-state index contributed by atoms with van der Waals surface area (Å²) in [5, 5.41) is 5.79. The van der Waals surface area contributed by atoms with Gasteiger partial charge in [0.15, 0.2) is 0 Å². The molecule has 0 spiro atoms. The van der Waals surface area contributed by atoms with Gasteiger partial charge in [0.05, 0.1) is 18.5 Å². The van der Waals surface area contributed by atoms with Crippen LogP contribution in [0.4, 0.5) is 11.4 Å². The van der Waals surface area contributed by atoms with Crippen molar-refractivity contribution in [3.63, 3.8) is 0 Å². The molecule has 0 radical (unpaired) electrons. The number of anilines is 2. The molecule has 2 rings (SSSR count). The van der Waals surface area contributed by atoms with Crippen LogP contribution in [0.25, 0.3) is 0 Å². The molecular formula is C15H18N4O2. The van der Waals surface area contributed by atoms with Crippen LogP contribution in [0.2, 0.25) is 0 Å². The van der Waals surface area contributed by atoms with E-state index in [2.05, 4.69) is 15.6 Å². The number of nitrogens with two attached hydrogens (primary N) is 1. The Bertz CT molecular complexity index is 643. The molecule has 0 fully saturated rings. The maximum atomic E-state index is 11.5. The average molecular weight is 286 g/mol. The first-order chi connectivity index (χ1) is 10.1. The highest BCUT2D eigenvalue weighted by molar-refractivity contribution is 5.95. The Hall–Kier alpha value is -2.76. The first-order valence-electron chi connectivity index (χ1n) is 6.48. The van der Waals surface area contributed by atoms with Crippen LogP contribution in [0.15, 0.2) is 36.5 Å². The molecule has 0 aliphatic heterocycles. The molecule has 1 amide bonds. The van der Waals surface area contributed by atoms with Crippen molar-refractivity contribution in [1.82, 2.24) is 10.3 Å². The van der Waals surface area contributed by atoms with Crippen molar-refractivity contribution in [3.8, 4) is 5.88 Å². The number of pyridine rings is 1. The number of carbonyl (C=O) groups excluding carboxylic acids is 1. The fraction of sp³-hybridized carbons (Fsp3) is 0.200. The van der Waals surface area contributed by atoms with Crippen LogP contribution in [-0.2, 0) is 6.54 Å². The average Bonchev–Trinajstić information content (AvgIpc) is 2.53. The first-order valence-corrected chi connectivity index (χ1v) is 6.48. The second kappa shape index (κ2) is 6.60. The second-order valence-electron chi connectivity index (χ2n) is 4.44. The van der Waals surface area contributed by atoms with Gasteiger partial charge in [-0.3, -0.25) is 4.79 Å². The molecule has 6 nitrogen and oxygen atoms in total. The van der Waals surface area contributed by atoms with Crippen LogP contribution >= 0.6 is 0 Å². The van der Waals surface area contributed by atoms with Crippen LogP contribution in [-0.4, -0.2) is 25.0 Å². The van der Waals surface area contributed by atoms with E-state index in [0.717, 1.165) is 11.3 Å². The first kappa shape index (κ1) is 14.6. The van der Waals surface area contributed by atoms with Gasteiger partial charge in [-0.2, -0.15) is 0 Å². The fourth-order valence-corrected chi connectivity index (χ4v) is 1.88. The lowest BCUT2D eigenvalue weighted by Crippen LogP contribution is -2.18. The number of ether oxygens (including phenoxy) is 1. The molecule has 0 saturated heterocycles. The van der Waals surface area contributed by atoms with Gasteiger partial charge in [-0.05, 0) is 29.8 Å². The van der Waals surface area contributed by atoms with E-state index in [1.165, 1.54) is 0 Å². The molecule has 6 heteroatoms. The van der Waals surface area contributed by atoms with Crippen molar-refractivity contribution < 1.29 is 9.53 Å². The van der Waals surface area contributed by atoms with Gasteiger partial charge in [0, 0.05) is 31.4 Å². The Balaban J connectivity index is 2.07. The summed E-state index contributed by atoms with van der Waals surface area (Å²) < 4.78 is 5.08. The minimum atomic E-state index is -0.160. The lowest BCUT2D eigenvalue weighted by molar-refractivity contribution is 0.0963. The van der Waals surface area contributed by atoms with Crippen molar-refractivity contribution >= 4 is 17.3 Å². The van der Waals surface area contributed by atoms with Crippen molar-refractivity contribution in [1.29, 1.82) is 0 Å². The monoisotopic (exact) mass is 286 g/mol. The van der Waals surface area contributed by atoms with E-state index in [-0.39, 0.29) is 5.91 Å². The van der Waals surface area contributed by atoms with Gasteiger partial charge in [-0.25, -0.2) is 4.98 Å².